The Labute approximate surface area is 411 Å². The van der Waals surface area contributed by atoms with Gasteiger partial charge in [0.2, 0.25) is 5.91 Å². The molecule has 0 aromatic carbocycles. The van der Waals surface area contributed by atoms with Crippen molar-refractivity contribution in [2.24, 2.45) is 0 Å². The van der Waals surface area contributed by atoms with Crippen molar-refractivity contribution in [1.82, 2.24) is 5.32 Å². The second-order valence-electron chi connectivity index (χ2n) is 20.0. The predicted molar refractivity (Wildman–Crippen MR) is 287 cm³/mol. The molecular formula is C60H113NO5. The Hall–Kier alpha value is -1.92. The van der Waals surface area contributed by atoms with E-state index in [2.05, 4.69) is 62.5 Å². The van der Waals surface area contributed by atoms with E-state index in [1.165, 1.54) is 186 Å². The molecule has 6 nitrogen and oxygen atoms in total. The van der Waals surface area contributed by atoms with Gasteiger partial charge < -0.3 is 20.3 Å². The van der Waals surface area contributed by atoms with Gasteiger partial charge in [0.25, 0.3) is 0 Å². The number of esters is 1. The van der Waals surface area contributed by atoms with Crippen LogP contribution in [0.5, 0.6) is 0 Å². The van der Waals surface area contributed by atoms with Gasteiger partial charge in [0.1, 0.15) is 6.10 Å². The van der Waals surface area contributed by atoms with Crippen LogP contribution in [0.1, 0.15) is 310 Å². The van der Waals surface area contributed by atoms with Crippen LogP contribution >= 0.6 is 0 Å². The van der Waals surface area contributed by atoms with Crippen LogP contribution in [0.2, 0.25) is 0 Å². The molecule has 388 valence electrons. The maximum Gasteiger partial charge on any atom is 0.306 e. The number of nitrogens with one attached hydrogen (secondary N) is 1. The Balaban J connectivity index is 4.46. The summed E-state index contributed by atoms with van der Waals surface area (Å²) < 4.78 is 5.94. The molecule has 6 heteroatoms. The van der Waals surface area contributed by atoms with Gasteiger partial charge in [-0.15, -0.1) is 0 Å². The predicted octanol–water partition coefficient (Wildman–Crippen LogP) is 18.0. The Bertz CT molecular complexity index is 1090. The third kappa shape index (κ3) is 48.5. The first kappa shape index (κ1) is 64.1. The molecule has 0 aliphatic carbocycles. The SMILES string of the molecule is CC/C=C/C/C=C/C/C=C/CCCCC(CC(=O)NC(CO)C(O)CCCCCCCCCCCCCCCCCCC)OC(=O)CCCCCCCCCCCCCCCCCCCC. The van der Waals surface area contributed by atoms with Crippen molar-refractivity contribution in [1.29, 1.82) is 0 Å². The molecule has 0 aromatic rings. The Morgan fingerprint density at radius 3 is 1.23 bits per heavy atom. The van der Waals surface area contributed by atoms with E-state index in [0.29, 0.717) is 19.3 Å². The molecule has 3 unspecified atom stereocenters. The van der Waals surface area contributed by atoms with E-state index in [4.69, 9.17) is 4.74 Å². The van der Waals surface area contributed by atoms with Crippen molar-refractivity contribution in [2.75, 3.05) is 6.61 Å². The molecular weight excluding hydrogens is 815 g/mol. The van der Waals surface area contributed by atoms with Crippen molar-refractivity contribution in [2.45, 2.75) is 328 Å². The fourth-order valence-electron chi connectivity index (χ4n) is 9.09. The van der Waals surface area contributed by atoms with Gasteiger partial charge in [-0.25, -0.2) is 0 Å². The smallest absolute Gasteiger partial charge is 0.306 e. The molecule has 0 saturated carbocycles. The zero-order valence-corrected chi connectivity index (χ0v) is 44.3. The largest absolute Gasteiger partial charge is 0.462 e. The molecule has 0 spiro atoms. The number of hydrogen-bond acceptors (Lipinski definition) is 5. The van der Waals surface area contributed by atoms with Gasteiger partial charge in [0, 0.05) is 6.42 Å². The van der Waals surface area contributed by atoms with Crippen LogP contribution in [0.15, 0.2) is 36.5 Å². The van der Waals surface area contributed by atoms with Crippen molar-refractivity contribution < 1.29 is 24.5 Å². The first-order valence-corrected chi connectivity index (χ1v) is 29.2. The standard InChI is InChI=1S/C60H113NO5/c1-4-7-10-13-16-19-22-25-27-29-31-33-35-38-41-44-47-50-53-60(65)66-56(51-48-45-42-39-36-24-21-18-15-12-9-6-3)54-59(64)61-57(55-62)58(63)52-49-46-43-40-37-34-32-30-28-26-23-20-17-14-11-8-5-2/h9,12,18,21,36,39,56-58,62-63H,4-8,10-11,13-17,19-20,22-35,37-38,40-55H2,1-3H3,(H,61,64)/b12-9+,21-18+,39-36+. The first-order chi connectivity index (χ1) is 32.5. The maximum atomic E-state index is 13.2. The van der Waals surface area contributed by atoms with E-state index in [1.807, 2.05) is 0 Å². The van der Waals surface area contributed by atoms with E-state index < -0.39 is 18.2 Å². The Kier molecular flexibility index (Phi) is 52.5. The van der Waals surface area contributed by atoms with E-state index >= 15 is 0 Å². The summed E-state index contributed by atoms with van der Waals surface area (Å²) in [5.74, 6) is -0.496. The Morgan fingerprint density at radius 2 is 0.818 bits per heavy atom. The van der Waals surface area contributed by atoms with Gasteiger partial charge >= 0.3 is 5.97 Å². The highest BCUT2D eigenvalue weighted by molar-refractivity contribution is 5.77. The highest BCUT2D eigenvalue weighted by Gasteiger charge is 2.24. The summed E-state index contributed by atoms with van der Waals surface area (Å²) in [5, 5.41) is 23.9. The maximum absolute atomic E-state index is 13.2. The molecule has 0 aromatic heterocycles. The summed E-state index contributed by atoms with van der Waals surface area (Å²) in [6, 6.07) is -0.712. The number of carbonyl (C=O) groups is 2. The molecule has 66 heavy (non-hydrogen) atoms. The average molecular weight is 929 g/mol. The first-order valence-electron chi connectivity index (χ1n) is 29.2. The number of amides is 1. The lowest BCUT2D eigenvalue weighted by atomic mass is 10.0. The van der Waals surface area contributed by atoms with E-state index in [-0.39, 0.29) is 24.9 Å². The third-order valence-electron chi connectivity index (χ3n) is 13.5. The minimum absolute atomic E-state index is 0.0559. The van der Waals surface area contributed by atoms with Gasteiger partial charge in [-0.05, 0) is 57.8 Å². The zero-order valence-electron chi connectivity index (χ0n) is 44.3. The van der Waals surface area contributed by atoms with Crippen molar-refractivity contribution in [3.63, 3.8) is 0 Å². The molecule has 0 aliphatic rings. The van der Waals surface area contributed by atoms with Crippen LogP contribution in [0.25, 0.3) is 0 Å². The highest BCUT2D eigenvalue weighted by Crippen LogP contribution is 2.19. The number of rotatable bonds is 53. The topological polar surface area (TPSA) is 95.9 Å². The van der Waals surface area contributed by atoms with Crippen LogP contribution in [0, 0.1) is 0 Å². The molecule has 0 aliphatic heterocycles. The van der Waals surface area contributed by atoms with Crippen molar-refractivity contribution in [3.05, 3.63) is 36.5 Å². The van der Waals surface area contributed by atoms with Crippen LogP contribution in [-0.2, 0) is 14.3 Å². The van der Waals surface area contributed by atoms with Crippen LogP contribution in [0.4, 0.5) is 0 Å². The lowest BCUT2D eigenvalue weighted by molar-refractivity contribution is -0.151. The summed E-state index contributed by atoms with van der Waals surface area (Å²) >= 11 is 0. The molecule has 0 saturated heterocycles. The molecule has 0 fully saturated rings. The minimum atomic E-state index is -0.796. The molecule has 3 atom stereocenters. The lowest BCUT2D eigenvalue weighted by Gasteiger charge is -2.24. The highest BCUT2D eigenvalue weighted by atomic mass is 16.5. The van der Waals surface area contributed by atoms with Crippen molar-refractivity contribution in [3.8, 4) is 0 Å². The van der Waals surface area contributed by atoms with Crippen LogP contribution in [0.3, 0.4) is 0 Å². The van der Waals surface area contributed by atoms with Gasteiger partial charge in [-0.3, -0.25) is 9.59 Å². The molecule has 0 rings (SSSR count). The third-order valence-corrected chi connectivity index (χ3v) is 13.5. The van der Waals surface area contributed by atoms with Gasteiger partial charge in [0.05, 0.1) is 25.2 Å². The second kappa shape index (κ2) is 54.0. The van der Waals surface area contributed by atoms with E-state index in [0.717, 1.165) is 77.0 Å². The van der Waals surface area contributed by atoms with E-state index in [1.54, 1.807) is 0 Å². The van der Waals surface area contributed by atoms with Crippen LogP contribution < -0.4 is 5.32 Å². The van der Waals surface area contributed by atoms with Crippen LogP contribution in [-0.4, -0.2) is 46.9 Å². The summed E-state index contributed by atoms with van der Waals surface area (Å²) in [6.45, 7) is 6.40. The molecule has 0 radical (unpaired) electrons. The van der Waals surface area contributed by atoms with Gasteiger partial charge in [-0.1, -0.05) is 276 Å². The molecule has 0 bridgehead atoms. The summed E-state index contributed by atoms with van der Waals surface area (Å²) in [4.78, 5) is 26.2. The van der Waals surface area contributed by atoms with Gasteiger partial charge in [0.15, 0.2) is 0 Å². The number of ether oxygens (including phenoxy) is 1. The zero-order chi connectivity index (χ0) is 48.1. The fraction of sp³-hybridized carbons (Fsp3) is 0.867. The minimum Gasteiger partial charge on any atom is -0.462 e. The fourth-order valence-corrected chi connectivity index (χ4v) is 9.09. The van der Waals surface area contributed by atoms with Crippen molar-refractivity contribution >= 4 is 11.9 Å². The lowest BCUT2D eigenvalue weighted by Crippen LogP contribution is -2.46. The summed E-state index contributed by atoms with van der Waals surface area (Å²) in [7, 11) is 0. The number of hydrogen-bond donors (Lipinski definition) is 3. The Morgan fingerprint density at radius 1 is 0.455 bits per heavy atom. The molecule has 1 amide bonds. The molecule has 0 heterocycles. The second-order valence-corrected chi connectivity index (χ2v) is 20.0. The average Bonchev–Trinajstić information content (AvgIpc) is 3.31. The van der Waals surface area contributed by atoms with Gasteiger partial charge in [-0.2, -0.15) is 0 Å². The number of unbranched alkanes of at least 4 members (excludes halogenated alkanes) is 35. The number of aliphatic hydroxyl groups is 2. The quantitative estimate of drug-likeness (QED) is 0.0321. The summed E-state index contributed by atoms with van der Waals surface area (Å²) in [6.07, 6.45) is 65.1. The number of carbonyl (C=O) groups excluding carboxylic acids is 2. The number of allylic oxidation sites excluding steroid dienone is 6. The monoisotopic (exact) mass is 928 g/mol. The number of aliphatic hydroxyl groups excluding tert-OH is 2. The molecule has 3 N–H and O–H groups in total. The van der Waals surface area contributed by atoms with E-state index in [9.17, 15) is 19.8 Å². The normalized spacial score (nSPS) is 13.3. The summed E-state index contributed by atoms with van der Waals surface area (Å²) in [5.41, 5.74) is 0.